The van der Waals surface area contributed by atoms with Crippen LogP contribution >= 0.6 is 23.2 Å². The Balaban J connectivity index is 1.58. The molecule has 6 nitrogen and oxygen atoms in total. The zero-order valence-corrected chi connectivity index (χ0v) is 17.0. The monoisotopic (exact) mass is 425 g/mol. The highest BCUT2D eigenvalue weighted by Gasteiger charge is 2.15. The average molecular weight is 426 g/mol. The van der Waals surface area contributed by atoms with Gasteiger partial charge in [0, 0.05) is 12.2 Å². The summed E-state index contributed by atoms with van der Waals surface area (Å²) in [6.45, 7) is 2.44. The predicted molar refractivity (Wildman–Crippen MR) is 116 cm³/mol. The standard InChI is InChI=1S/C21H17Cl2N5O/c1-13-9-19-24-12-18(21(29)26-15-5-3-2-4-6-15)28(19)27-20(13)25-11-14-7-8-16(22)17(23)10-14/h2-10,12H,11H2,1H3,(H,25,27)(H,26,29). The zero-order chi connectivity index (χ0) is 20.4. The number of aromatic nitrogens is 3. The molecule has 0 saturated heterocycles. The normalized spacial score (nSPS) is 10.9. The fourth-order valence-corrected chi connectivity index (χ4v) is 3.21. The molecule has 29 heavy (non-hydrogen) atoms. The molecule has 2 aromatic heterocycles. The van der Waals surface area contributed by atoms with Crippen LogP contribution in [0.4, 0.5) is 11.5 Å². The summed E-state index contributed by atoms with van der Waals surface area (Å²) in [7, 11) is 0. The number of imidazole rings is 1. The molecule has 2 aromatic carbocycles. The van der Waals surface area contributed by atoms with E-state index in [2.05, 4.69) is 20.7 Å². The van der Waals surface area contributed by atoms with Gasteiger partial charge in [0.1, 0.15) is 5.82 Å². The van der Waals surface area contributed by atoms with Crippen molar-refractivity contribution < 1.29 is 4.79 Å². The second kappa shape index (κ2) is 8.11. The highest BCUT2D eigenvalue weighted by atomic mass is 35.5. The van der Waals surface area contributed by atoms with Gasteiger partial charge in [-0.25, -0.2) is 9.50 Å². The molecular formula is C21H17Cl2N5O. The summed E-state index contributed by atoms with van der Waals surface area (Å²) < 4.78 is 1.53. The third kappa shape index (κ3) is 4.18. The topological polar surface area (TPSA) is 71.3 Å². The van der Waals surface area contributed by atoms with Crippen molar-refractivity contribution >= 4 is 46.3 Å². The molecule has 0 unspecified atom stereocenters. The summed E-state index contributed by atoms with van der Waals surface area (Å²) in [6.07, 6.45) is 1.52. The van der Waals surface area contributed by atoms with Crippen molar-refractivity contribution in [2.24, 2.45) is 0 Å². The number of fused-ring (bicyclic) bond motifs is 1. The van der Waals surface area contributed by atoms with Gasteiger partial charge in [-0.05, 0) is 48.4 Å². The first-order valence-corrected chi connectivity index (χ1v) is 9.66. The Morgan fingerprint density at radius 2 is 1.86 bits per heavy atom. The molecule has 8 heteroatoms. The lowest BCUT2D eigenvalue weighted by atomic mass is 10.2. The van der Waals surface area contributed by atoms with Gasteiger partial charge in [-0.1, -0.05) is 47.5 Å². The molecule has 4 rings (SSSR count). The first-order chi connectivity index (χ1) is 14.0. The van der Waals surface area contributed by atoms with Gasteiger partial charge in [-0.2, -0.15) is 0 Å². The average Bonchev–Trinajstić information content (AvgIpc) is 3.12. The number of amides is 1. The quantitative estimate of drug-likeness (QED) is 0.460. The van der Waals surface area contributed by atoms with Crippen LogP contribution in [0.2, 0.25) is 10.0 Å². The van der Waals surface area contributed by atoms with Crippen LogP contribution in [0.25, 0.3) is 5.65 Å². The van der Waals surface area contributed by atoms with E-state index in [1.165, 1.54) is 10.7 Å². The number of anilines is 2. The van der Waals surface area contributed by atoms with Crippen molar-refractivity contribution in [2.75, 3.05) is 10.6 Å². The smallest absolute Gasteiger partial charge is 0.276 e. The Hall–Kier alpha value is -3.09. The van der Waals surface area contributed by atoms with Crippen LogP contribution in [0.5, 0.6) is 0 Å². The molecule has 0 aliphatic heterocycles. The first kappa shape index (κ1) is 19.2. The highest BCUT2D eigenvalue weighted by Crippen LogP contribution is 2.23. The summed E-state index contributed by atoms with van der Waals surface area (Å²) in [6, 6.07) is 16.6. The number of nitrogens with zero attached hydrogens (tertiary/aromatic N) is 3. The van der Waals surface area contributed by atoms with E-state index in [0.717, 1.165) is 11.1 Å². The lowest BCUT2D eigenvalue weighted by molar-refractivity contribution is 0.102. The number of carbonyl (C=O) groups excluding carboxylic acids is 1. The largest absolute Gasteiger partial charge is 0.364 e. The van der Waals surface area contributed by atoms with E-state index in [-0.39, 0.29) is 5.91 Å². The third-order valence-corrected chi connectivity index (χ3v) is 5.13. The molecular weight excluding hydrogens is 409 g/mol. The molecule has 2 heterocycles. The number of halogens is 2. The maximum Gasteiger partial charge on any atom is 0.276 e. The van der Waals surface area contributed by atoms with Crippen molar-refractivity contribution in [2.45, 2.75) is 13.5 Å². The van der Waals surface area contributed by atoms with Crippen molar-refractivity contribution in [3.8, 4) is 0 Å². The van der Waals surface area contributed by atoms with Gasteiger partial charge in [0.15, 0.2) is 11.3 Å². The minimum atomic E-state index is -0.282. The second-order valence-electron chi connectivity index (χ2n) is 6.51. The van der Waals surface area contributed by atoms with Crippen molar-refractivity contribution in [3.63, 3.8) is 0 Å². The predicted octanol–water partition coefficient (Wildman–Crippen LogP) is 5.21. The number of rotatable bonds is 5. The molecule has 0 saturated carbocycles. The number of carbonyl (C=O) groups is 1. The van der Waals surface area contributed by atoms with Gasteiger partial charge in [-0.15, -0.1) is 5.10 Å². The van der Waals surface area contributed by atoms with E-state index in [4.69, 9.17) is 23.2 Å². The van der Waals surface area contributed by atoms with Crippen molar-refractivity contribution in [3.05, 3.63) is 87.7 Å². The fourth-order valence-electron chi connectivity index (χ4n) is 2.89. The molecule has 0 bridgehead atoms. The molecule has 0 spiro atoms. The zero-order valence-electron chi connectivity index (χ0n) is 15.5. The van der Waals surface area contributed by atoms with Crippen LogP contribution in [0, 0.1) is 6.92 Å². The van der Waals surface area contributed by atoms with Gasteiger partial charge in [-0.3, -0.25) is 4.79 Å². The van der Waals surface area contributed by atoms with Crippen LogP contribution in [0.1, 0.15) is 21.6 Å². The SMILES string of the molecule is Cc1cc2ncc(C(=O)Nc3ccccc3)n2nc1NCc1ccc(Cl)c(Cl)c1. The first-order valence-electron chi connectivity index (χ1n) is 8.91. The minimum absolute atomic E-state index is 0.282. The van der Waals surface area contributed by atoms with E-state index >= 15 is 0 Å². The summed E-state index contributed by atoms with van der Waals surface area (Å²) in [5.74, 6) is 0.366. The fraction of sp³-hybridized carbons (Fsp3) is 0.0952. The van der Waals surface area contributed by atoms with Crippen molar-refractivity contribution in [1.29, 1.82) is 0 Å². The molecule has 0 radical (unpaired) electrons. The van der Waals surface area contributed by atoms with Gasteiger partial charge in [0.25, 0.3) is 5.91 Å². The summed E-state index contributed by atoms with van der Waals surface area (Å²) >= 11 is 12.0. The summed E-state index contributed by atoms with van der Waals surface area (Å²) in [5.41, 5.74) is 3.53. The lowest BCUT2D eigenvalue weighted by Crippen LogP contribution is -2.16. The molecule has 0 aliphatic rings. The Morgan fingerprint density at radius 3 is 2.62 bits per heavy atom. The van der Waals surface area contributed by atoms with Crippen molar-refractivity contribution in [1.82, 2.24) is 14.6 Å². The summed E-state index contributed by atoms with van der Waals surface area (Å²) in [5, 5.41) is 11.7. The molecule has 4 aromatic rings. The van der Waals surface area contributed by atoms with Crippen LogP contribution in [-0.4, -0.2) is 20.5 Å². The molecule has 146 valence electrons. The maximum atomic E-state index is 12.7. The molecule has 0 aliphatic carbocycles. The van der Waals surface area contributed by atoms with Crippen LogP contribution in [0.3, 0.4) is 0 Å². The van der Waals surface area contributed by atoms with E-state index < -0.39 is 0 Å². The van der Waals surface area contributed by atoms with E-state index in [0.29, 0.717) is 39.4 Å². The Bertz CT molecular complexity index is 1190. The van der Waals surface area contributed by atoms with Crippen LogP contribution in [0.15, 0.2) is 60.8 Å². The van der Waals surface area contributed by atoms with Crippen LogP contribution < -0.4 is 10.6 Å². The second-order valence-corrected chi connectivity index (χ2v) is 7.33. The maximum absolute atomic E-state index is 12.7. The number of nitrogens with one attached hydrogen (secondary N) is 2. The number of aryl methyl sites for hydroxylation is 1. The van der Waals surface area contributed by atoms with Crippen LogP contribution in [-0.2, 0) is 6.54 Å². The van der Waals surface area contributed by atoms with E-state index in [1.807, 2.05) is 49.4 Å². The highest BCUT2D eigenvalue weighted by molar-refractivity contribution is 6.42. The lowest BCUT2D eigenvalue weighted by Gasteiger charge is -2.11. The van der Waals surface area contributed by atoms with Gasteiger partial charge >= 0.3 is 0 Å². The molecule has 0 atom stereocenters. The van der Waals surface area contributed by atoms with Gasteiger partial charge in [0.2, 0.25) is 0 Å². The Labute approximate surface area is 177 Å². The molecule has 0 fully saturated rings. The third-order valence-electron chi connectivity index (χ3n) is 4.39. The molecule has 1 amide bonds. The van der Waals surface area contributed by atoms with E-state index in [1.54, 1.807) is 12.1 Å². The number of hydrogen-bond donors (Lipinski definition) is 2. The number of benzene rings is 2. The van der Waals surface area contributed by atoms with Gasteiger partial charge in [0.05, 0.1) is 16.2 Å². The van der Waals surface area contributed by atoms with Gasteiger partial charge < -0.3 is 10.6 Å². The Kier molecular flexibility index (Phi) is 5.38. The number of hydrogen-bond acceptors (Lipinski definition) is 4. The minimum Gasteiger partial charge on any atom is -0.364 e. The molecule has 2 N–H and O–H groups in total. The Morgan fingerprint density at radius 1 is 1.07 bits per heavy atom. The summed E-state index contributed by atoms with van der Waals surface area (Å²) in [4.78, 5) is 17.0. The number of para-hydroxylation sites is 1. The van der Waals surface area contributed by atoms with E-state index in [9.17, 15) is 4.79 Å².